The van der Waals surface area contributed by atoms with Gasteiger partial charge in [0.15, 0.2) is 6.10 Å². The molecular weight excluding hydrogens is 348 g/mol. The van der Waals surface area contributed by atoms with Gasteiger partial charge in [-0.3, -0.25) is 14.4 Å². The van der Waals surface area contributed by atoms with Gasteiger partial charge in [0.25, 0.3) is 5.91 Å². The zero-order chi connectivity index (χ0) is 20.0. The first-order valence-electron chi connectivity index (χ1n) is 9.32. The van der Waals surface area contributed by atoms with Crippen molar-refractivity contribution in [3.8, 4) is 5.75 Å². The van der Waals surface area contributed by atoms with Crippen molar-refractivity contribution < 1.29 is 23.9 Å². The van der Waals surface area contributed by atoms with E-state index < -0.39 is 29.9 Å². The van der Waals surface area contributed by atoms with Gasteiger partial charge in [-0.15, -0.1) is 0 Å². The van der Waals surface area contributed by atoms with Crippen LogP contribution in [0.1, 0.15) is 51.1 Å². The monoisotopic (exact) mass is 376 g/mol. The average Bonchev–Trinajstić information content (AvgIpc) is 2.66. The number of likely N-dealkylation sites (tertiary alicyclic amines) is 1. The standard InChI is InChI=1S/C20H28N2O5/c1-4-5-12-22-17(23)11-10-16(20(25)27-13(2)19(21)24)18(22)14-6-8-15(26-3)9-7-14/h6-9,13,16,18H,4-5,10-12H2,1-3H3,(H2,21,24)/t13-,16+,18+/m1/s1. The number of hydrogen-bond acceptors (Lipinski definition) is 5. The lowest BCUT2D eigenvalue weighted by atomic mass is 9.84. The molecule has 1 fully saturated rings. The molecular formula is C20H28N2O5. The van der Waals surface area contributed by atoms with Crippen molar-refractivity contribution in [1.29, 1.82) is 0 Å². The van der Waals surface area contributed by atoms with E-state index in [1.165, 1.54) is 6.92 Å². The summed E-state index contributed by atoms with van der Waals surface area (Å²) in [5.41, 5.74) is 6.05. The van der Waals surface area contributed by atoms with Gasteiger partial charge < -0.3 is 20.1 Å². The van der Waals surface area contributed by atoms with E-state index in [9.17, 15) is 14.4 Å². The van der Waals surface area contributed by atoms with Crippen LogP contribution in [0.2, 0.25) is 0 Å². The van der Waals surface area contributed by atoms with E-state index in [0.717, 1.165) is 18.4 Å². The maximum Gasteiger partial charge on any atom is 0.312 e. The minimum Gasteiger partial charge on any atom is -0.497 e. The summed E-state index contributed by atoms with van der Waals surface area (Å²) in [6, 6.07) is 6.90. The fourth-order valence-electron chi connectivity index (χ4n) is 3.32. The summed E-state index contributed by atoms with van der Waals surface area (Å²) in [4.78, 5) is 38.4. The molecule has 0 spiro atoms. The lowest BCUT2D eigenvalue weighted by molar-refractivity contribution is -0.164. The Kier molecular flexibility index (Phi) is 7.21. The molecule has 1 aromatic carbocycles. The molecule has 1 saturated heterocycles. The van der Waals surface area contributed by atoms with E-state index in [0.29, 0.717) is 18.7 Å². The van der Waals surface area contributed by atoms with Crippen LogP contribution >= 0.6 is 0 Å². The second-order valence-corrected chi connectivity index (χ2v) is 6.79. The van der Waals surface area contributed by atoms with Crippen LogP contribution in [-0.2, 0) is 19.1 Å². The zero-order valence-corrected chi connectivity index (χ0v) is 16.1. The molecule has 148 valence electrons. The summed E-state index contributed by atoms with van der Waals surface area (Å²) in [5.74, 6) is -1.02. The number of nitrogens with two attached hydrogens (primary N) is 1. The van der Waals surface area contributed by atoms with E-state index in [2.05, 4.69) is 6.92 Å². The number of amides is 2. The summed E-state index contributed by atoms with van der Waals surface area (Å²) >= 11 is 0. The van der Waals surface area contributed by atoms with Gasteiger partial charge >= 0.3 is 5.97 Å². The molecule has 1 heterocycles. The largest absolute Gasteiger partial charge is 0.497 e. The summed E-state index contributed by atoms with van der Waals surface area (Å²) in [6.07, 6.45) is 1.43. The highest BCUT2D eigenvalue weighted by molar-refractivity contribution is 5.85. The molecule has 1 aliphatic rings. The van der Waals surface area contributed by atoms with Crippen molar-refractivity contribution in [2.45, 2.75) is 51.7 Å². The van der Waals surface area contributed by atoms with Crippen LogP contribution < -0.4 is 10.5 Å². The van der Waals surface area contributed by atoms with Crippen molar-refractivity contribution in [2.75, 3.05) is 13.7 Å². The molecule has 1 aromatic rings. The molecule has 7 heteroatoms. The van der Waals surface area contributed by atoms with Gasteiger partial charge in [0.05, 0.1) is 19.1 Å². The third-order valence-electron chi connectivity index (χ3n) is 4.91. The van der Waals surface area contributed by atoms with E-state index in [4.69, 9.17) is 15.2 Å². The molecule has 2 N–H and O–H groups in total. The maximum absolute atomic E-state index is 12.8. The van der Waals surface area contributed by atoms with Gasteiger partial charge in [0.1, 0.15) is 5.75 Å². The molecule has 0 saturated carbocycles. The van der Waals surface area contributed by atoms with Crippen LogP contribution in [0.4, 0.5) is 0 Å². The highest BCUT2D eigenvalue weighted by atomic mass is 16.5. The predicted molar refractivity (Wildman–Crippen MR) is 99.8 cm³/mol. The molecule has 7 nitrogen and oxygen atoms in total. The van der Waals surface area contributed by atoms with Crippen LogP contribution in [0, 0.1) is 5.92 Å². The number of unbranched alkanes of at least 4 members (excludes halogenated alkanes) is 1. The molecule has 0 unspecified atom stereocenters. The van der Waals surface area contributed by atoms with E-state index in [1.54, 1.807) is 24.1 Å². The minimum atomic E-state index is -1.00. The third-order valence-corrected chi connectivity index (χ3v) is 4.91. The van der Waals surface area contributed by atoms with Crippen molar-refractivity contribution in [3.63, 3.8) is 0 Å². The van der Waals surface area contributed by atoms with Crippen molar-refractivity contribution >= 4 is 17.8 Å². The van der Waals surface area contributed by atoms with Crippen LogP contribution in [0.3, 0.4) is 0 Å². The smallest absolute Gasteiger partial charge is 0.312 e. The predicted octanol–water partition coefficient (Wildman–Crippen LogP) is 2.19. The number of carbonyl (C=O) groups excluding carboxylic acids is 3. The van der Waals surface area contributed by atoms with Gasteiger partial charge in [0.2, 0.25) is 5.91 Å². The Morgan fingerprint density at radius 2 is 1.96 bits per heavy atom. The SMILES string of the molecule is CCCCN1C(=O)CC[C@H](C(=O)O[C@H](C)C(N)=O)[C@@H]1c1ccc(OC)cc1. The number of ether oxygens (including phenoxy) is 2. The number of methoxy groups -OCH3 is 1. The molecule has 3 atom stereocenters. The van der Waals surface area contributed by atoms with Crippen LogP contribution in [0.5, 0.6) is 5.75 Å². The number of esters is 1. The Balaban J connectivity index is 2.34. The molecule has 27 heavy (non-hydrogen) atoms. The Bertz CT molecular complexity index is 673. The molecule has 2 amide bonds. The summed E-state index contributed by atoms with van der Waals surface area (Å²) in [5, 5.41) is 0. The summed E-state index contributed by atoms with van der Waals surface area (Å²) in [6.45, 7) is 4.07. The fourth-order valence-corrected chi connectivity index (χ4v) is 3.32. The first-order valence-corrected chi connectivity index (χ1v) is 9.32. The first-order chi connectivity index (χ1) is 12.9. The Hall–Kier alpha value is -2.57. The highest BCUT2D eigenvalue weighted by Crippen LogP contribution is 2.38. The van der Waals surface area contributed by atoms with E-state index in [-0.39, 0.29) is 12.3 Å². The maximum atomic E-state index is 12.8. The molecule has 0 radical (unpaired) electrons. The fraction of sp³-hybridized carbons (Fsp3) is 0.550. The number of carbonyl (C=O) groups is 3. The van der Waals surface area contributed by atoms with Gasteiger partial charge in [-0.2, -0.15) is 0 Å². The Labute approximate surface area is 159 Å². The number of rotatable bonds is 8. The van der Waals surface area contributed by atoms with Crippen LogP contribution in [-0.4, -0.2) is 42.4 Å². The highest BCUT2D eigenvalue weighted by Gasteiger charge is 2.41. The Morgan fingerprint density at radius 1 is 1.30 bits per heavy atom. The van der Waals surface area contributed by atoms with Crippen molar-refractivity contribution in [2.24, 2.45) is 11.7 Å². The molecule has 0 aromatic heterocycles. The van der Waals surface area contributed by atoms with E-state index >= 15 is 0 Å². The molecule has 1 aliphatic heterocycles. The zero-order valence-electron chi connectivity index (χ0n) is 16.1. The summed E-state index contributed by atoms with van der Waals surface area (Å²) < 4.78 is 10.5. The second-order valence-electron chi connectivity index (χ2n) is 6.79. The van der Waals surface area contributed by atoms with E-state index in [1.807, 2.05) is 12.1 Å². The minimum absolute atomic E-state index is 0.0243. The molecule has 0 bridgehead atoms. The Morgan fingerprint density at radius 3 is 2.52 bits per heavy atom. The number of hydrogen-bond donors (Lipinski definition) is 1. The van der Waals surface area contributed by atoms with Crippen LogP contribution in [0.25, 0.3) is 0 Å². The lowest BCUT2D eigenvalue weighted by Gasteiger charge is -2.40. The lowest BCUT2D eigenvalue weighted by Crippen LogP contribution is -2.47. The van der Waals surface area contributed by atoms with Gasteiger partial charge in [-0.1, -0.05) is 25.5 Å². The van der Waals surface area contributed by atoms with Gasteiger partial charge in [-0.05, 0) is 37.5 Å². The third kappa shape index (κ3) is 4.99. The number of nitrogens with zero attached hydrogens (tertiary/aromatic N) is 1. The van der Waals surface area contributed by atoms with Crippen molar-refractivity contribution in [1.82, 2.24) is 4.90 Å². The van der Waals surface area contributed by atoms with Crippen molar-refractivity contribution in [3.05, 3.63) is 29.8 Å². The van der Waals surface area contributed by atoms with Gasteiger partial charge in [0, 0.05) is 13.0 Å². The number of primary amides is 1. The summed E-state index contributed by atoms with van der Waals surface area (Å²) in [7, 11) is 1.58. The molecule has 0 aliphatic carbocycles. The normalized spacial score (nSPS) is 20.9. The molecule has 2 rings (SSSR count). The van der Waals surface area contributed by atoms with Gasteiger partial charge in [-0.25, -0.2) is 0 Å². The second kappa shape index (κ2) is 9.39. The number of piperidine rings is 1. The average molecular weight is 376 g/mol. The number of benzene rings is 1. The topological polar surface area (TPSA) is 98.9 Å². The quantitative estimate of drug-likeness (QED) is 0.701. The first kappa shape index (κ1) is 20.7. The van der Waals surface area contributed by atoms with Crippen LogP contribution in [0.15, 0.2) is 24.3 Å².